The number of nitrogens with zero attached hydrogens (tertiary/aromatic N) is 2. The van der Waals surface area contributed by atoms with Gasteiger partial charge in [-0.2, -0.15) is 0 Å². The molecule has 1 N–H and O–H groups in total. The molecule has 1 saturated carbocycles. The van der Waals surface area contributed by atoms with E-state index in [-0.39, 0.29) is 0 Å². The smallest absolute Gasteiger partial charge is 0.161 e. The Morgan fingerprint density at radius 1 is 1.29 bits per heavy atom. The predicted molar refractivity (Wildman–Crippen MR) is 90.9 cm³/mol. The summed E-state index contributed by atoms with van der Waals surface area (Å²) in [5.74, 6) is 2.25. The number of benzene rings is 1. The standard InChI is InChI=1S/C16H17BrClN3/c1-2-7-19-15-9-14(10-3-4-10)20-16(21-15)11-5-6-12(17)13(18)8-11/h5-6,8-10H,2-4,7H2,1H3,(H,19,20,21). The Kier molecular flexibility index (Phi) is 4.45. The Balaban J connectivity index is 1.99. The van der Waals surface area contributed by atoms with Crippen LogP contribution in [0.3, 0.4) is 0 Å². The summed E-state index contributed by atoms with van der Waals surface area (Å²) in [6.07, 6.45) is 3.53. The number of hydrogen-bond donors (Lipinski definition) is 1. The van der Waals surface area contributed by atoms with Gasteiger partial charge in [-0.05, 0) is 53.4 Å². The zero-order valence-corrected chi connectivity index (χ0v) is 14.2. The maximum Gasteiger partial charge on any atom is 0.161 e. The van der Waals surface area contributed by atoms with Crippen LogP contribution in [-0.2, 0) is 0 Å². The van der Waals surface area contributed by atoms with Crippen molar-refractivity contribution in [1.82, 2.24) is 9.97 Å². The predicted octanol–water partition coefficient (Wildman–Crippen LogP) is 5.26. The molecule has 0 unspecified atom stereocenters. The van der Waals surface area contributed by atoms with Crippen LogP contribution in [0, 0.1) is 0 Å². The van der Waals surface area contributed by atoms with E-state index < -0.39 is 0 Å². The lowest BCUT2D eigenvalue weighted by molar-refractivity contribution is 0.948. The summed E-state index contributed by atoms with van der Waals surface area (Å²) in [7, 11) is 0. The Labute approximate surface area is 138 Å². The normalized spacial score (nSPS) is 14.2. The Hall–Kier alpha value is -1.13. The van der Waals surface area contributed by atoms with Gasteiger partial charge in [0.2, 0.25) is 0 Å². The highest BCUT2D eigenvalue weighted by Gasteiger charge is 2.26. The van der Waals surface area contributed by atoms with Gasteiger partial charge < -0.3 is 5.32 Å². The van der Waals surface area contributed by atoms with Gasteiger partial charge in [-0.1, -0.05) is 18.5 Å². The zero-order chi connectivity index (χ0) is 14.8. The molecule has 1 aliphatic carbocycles. The molecule has 1 heterocycles. The Morgan fingerprint density at radius 3 is 2.76 bits per heavy atom. The van der Waals surface area contributed by atoms with E-state index in [1.807, 2.05) is 18.2 Å². The highest BCUT2D eigenvalue weighted by Crippen LogP contribution is 2.40. The minimum atomic E-state index is 0.597. The van der Waals surface area contributed by atoms with Crippen LogP contribution in [0.1, 0.15) is 37.8 Å². The minimum Gasteiger partial charge on any atom is -0.370 e. The summed E-state index contributed by atoms with van der Waals surface area (Å²) in [6, 6.07) is 7.91. The molecule has 0 saturated heterocycles. The Bertz CT molecular complexity index is 656. The van der Waals surface area contributed by atoms with Crippen molar-refractivity contribution in [3.63, 3.8) is 0 Å². The first kappa shape index (κ1) is 14.8. The first-order chi connectivity index (χ1) is 10.2. The van der Waals surface area contributed by atoms with Crippen LogP contribution in [0.2, 0.25) is 5.02 Å². The summed E-state index contributed by atoms with van der Waals surface area (Å²) in [5.41, 5.74) is 2.09. The molecule has 3 rings (SSSR count). The molecule has 2 aromatic rings. The van der Waals surface area contributed by atoms with Crippen molar-refractivity contribution >= 4 is 33.3 Å². The molecule has 0 radical (unpaired) electrons. The number of anilines is 1. The first-order valence-electron chi connectivity index (χ1n) is 7.25. The maximum absolute atomic E-state index is 6.18. The van der Waals surface area contributed by atoms with Gasteiger partial charge in [0.15, 0.2) is 5.82 Å². The van der Waals surface area contributed by atoms with E-state index >= 15 is 0 Å². The number of aromatic nitrogens is 2. The highest BCUT2D eigenvalue weighted by molar-refractivity contribution is 9.10. The first-order valence-corrected chi connectivity index (χ1v) is 8.42. The lowest BCUT2D eigenvalue weighted by atomic mass is 10.2. The summed E-state index contributed by atoms with van der Waals surface area (Å²) >= 11 is 9.60. The van der Waals surface area contributed by atoms with Crippen molar-refractivity contribution in [3.05, 3.63) is 39.5 Å². The molecule has 1 aliphatic rings. The van der Waals surface area contributed by atoms with E-state index in [2.05, 4.69) is 39.2 Å². The van der Waals surface area contributed by atoms with Crippen molar-refractivity contribution in [2.24, 2.45) is 0 Å². The molecule has 0 amide bonds. The molecule has 3 nitrogen and oxygen atoms in total. The van der Waals surface area contributed by atoms with Gasteiger partial charge in [0.25, 0.3) is 0 Å². The summed E-state index contributed by atoms with van der Waals surface area (Å²) < 4.78 is 0.885. The van der Waals surface area contributed by atoms with Crippen molar-refractivity contribution in [2.45, 2.75) is 32.1 Å². The van der Waals surface area contributed by atoms with Crippen LogP contribution in [0.25, 0.3) is 11.4 Å². The van der Waals surface area contributed by atoms with E-state index in [1.54, 1.807) is 0 Å². The molecule has 0 atom stereocenters. The second-order valence-corrected chi connectivity index (χ2v) is 6.59. The van der Waals surface area contributed by atoms with Crippen LogP contribution in [0.15, 0.2) is 28.7 Å². The largest absolute Gasteiger partial charge is 0.370 e. The number of rotatable bonds is 5. The van der Waals surface area contributed by atoms with Crippen molar-refractivity contribution in [2.75, 3.05) is 11.9 Å². The average molecular weight is 367 g/mol. The number of hydrogen-bond acceptors (Lipinski definition) is 3. The minimum absolute atomic E-state index is 0.597. The maximum atomic E-state index is 6.18. The summed E-state index contributed by atoms with van der Waals surface area (Å²) in [4.78, 5) is 9.35. The molecule has 5 heteroatoms. The van der Waals surface area contributed by atoms with Gasteiger partial charge in [0, 0.05) is 34.3 Å². The van der Waals surface area contributed by atoms with Gasteiger partial charge in [0.1, 0.15) is 5.82 Å². The Morgan fingerprint density at radius 2 is 2.10 bits per heavy atom. The molecule has 1 aromatic heterocycles. The van der Waals surface area contributed by atoms with Crippen LogP contribution in [0.5, 0.6) is 0 Å². The molecule has 21 heavy (non-hydrogen) atoms. The van der Waals surface area contributed by atoms with Gasteiger partial charge in [-0.3, -0.25) is 0 Å². The van der Waals surface area contributed by atoms with Crippen LogP contribution in [0.4, 0.5) is 5.82 Å². The molecular formula is C16H17BrClN3. The number of nitrogens with one attached hydrogen (secondary N) is 1. The highest BCUT2D eigenvalue weighted by atomic mass is 79.9. The third kappa shape index (κ3) is 3.55. The van der Waals surface area contributed by atoms with E-state index in [9.17, 15) is 0 Å². The second-order valence-electron chi connectivity index (χ2n) is 5.33. The molecule has 0 aliphatic heterocycles. The lowest BCUT2D eigenvalue weighted by Gasteiger charge is -2.10. The molecule has 1 fully saturated rings. The zero-order valence-electron chi connectivity index (χ0n) is 11.9. The third-order valence-electron chi connectivity index (χ3n) is 3.48. The van der Waals surface area contributed by atoms with Crippen molar-refractivity contribution < 1.29 is 0 Å². The SMILES string of the molecule is CCCNc1cc(C2CC2)nc(-c2ccc(Br)c(Cl)c2)n1. The lowest BCUT2D eigenvalue weighted by Crippen LogP contribution is -2.05. The van der Waals surface area contributed by atoms with Gasteiger partial charge in [-0.25, -0.2) is 9.97 Å². The fourth-order valence-electron chi connectivity index (χ4n) is 2.16. The quantitative estimate of drug-likeness (QED) is 0.784. The van der Waals surface area contributed by atoms with Crippen LogP contribution >= 0.6 is 27.5 Å². The van der Waals surface area contributed by atoms with E-state index in [4.69, 9.17) is 16.6 Å². The topological polar surface area (TPSA) is 37.8 Å². The fourth-order valence-corrected chi connectivity index (χ4v) is 2.59. The molecular weight excluding hydrogens is 350 g/mol. The molecule has 110 valence electrons. The average Bonchev–Trinajstić information content (AvgIpc) is 3.32. The number of halogens is 2. The molecule has 0 bridgehead atoms. The monoisotopic (exact) mass is 365 g/mol. The summed E-state index contributed by atoms with van der Waals surface area (Å²) in [6.45, 7) is 3.06. The molecule has 1 aromatic carbocycles. The fraction of sp³-hybridized carbons (Fsp3) is 0.375. The van der Waals surface area contributed by atoms with Gasteiger partial charge in [0.05, 0.1) is 5.02 Å². The van der Waals surface area contributed by atoms with Gasteiger partial charge in [-0.15, -0.1) is 0 Å². The third-order valence-corrected chi connectivity index (χ3v) is 4.71. The van der Waals surface area contributed by atoms with E-state index in [0.29, 0.717) is 10.9 Å². The summed E-state index contributed by atoms with van der Waals surface area (Å²) in [5, 5.41) is 4.04. The van der Waals surface area contributed by atoms with Crippen LogP contribution in [-0.4, -0.2) is 16.5 Å². The van der Waals surface area contributed by atoms with Crippen molar-refractivity contribution in [3.8, 4) is 11.4 Å². The molecule has 0 spiro atoms. The van der Waals surface area contributed by atoms with E-state index in [0.717, 1.165) is 40.3 Å². The second kappa shape index (κ2) is 6.32. The van der Waals surface area contributed by atoms with Gasteiger partial charge >= 0.3 is 0 Å². The van der Waals surface area contributed by atoms with Crippen molar-refractivity contribution in [1.29, 1.82) is 0 Å². The van der Waals surface area contributed by atoms with Crippen LogP contribution < -0.4 is 5.32 Å². The van der Waals surface area contributed by atoms with E-state index in [1.165, 1.54) is 12.8 Å².